The van der Waals surface area contributed by atoms with E-state index in [1.807, 2.05) is 12.1 Å². The molecule has 7 nitrogen and oxygen atoms in total. The van der Waals surface area contributed by atoms with Gasteiger partial charge in [-0.2, -0.15) is 0 Å². The molecule has 1 aliphatic rings. The molecule has 1 aliphatic heterocycles. The minimum Gasteiger partial charge on any atom is -0.493 e. The minimum atomic E-state index is 0.00478. The van der Waals surface area contributed by atoms with E-state index in [-0.39, 0.29) is 12.1 Å². The fraction of sp³-hybridized carbons (Fsp3) is 0.467. The highest BCUT2D eigenvalue weighted by molar-refractivity contribution is 5.94. The third-order valence-electron chi connectivity index (χ3n) is 3.80. The van der Waals surface area contributed by atoms with Crippen molar-refractivity contribution in [1.29, 1.82) is 0 Å². The second kappa shape index (κ2) is 6.33. The average Bonchev–Trinajstić information content (AvgIpc) is 3.01. The van der Waals surface area contributed by atoms with Gasteiger partial charge in [-0.15, -0.1) is 0 Å². The fourth-order valence-corrected chi connectivity index (χ4v) is 2.64. The third kappa shape index (κ3) is 2.53. The predicted octanol–water partition coefficient (Wildman–Crippen LogP) is 1.47. The van der Waals surface area contributed by atoms with Crippen LogP contribution >= 0.6 is 0 Å². The number of fused-ring (bicyclic) bond motifs is 1. The first-order valence-corrected chi connectivity index (χ1v) is 7.01. The Morgan fingerprint density at radius 2 is 2.00 bits per heavy atom. The number of benzene rings is 1. The topological polar surface area (TPSA) is 74.7 Å². The molecule has 0 saturated carbocycles. The van der Waals surface area contributed by atoms with Gasteiger partial charge in [-0.25, -0.2) is 9.97 Å². The maximum absolute atomic E-state index is 5.45. The van der Waals surface area contributed by atoms with E-state index in [1.54, 1.807) is 21.3 Å². The molecule has 2 heterocycles. The van der Waals surface area contributed by atoms with E-state index in [1.165, 1.54) is 6.33 Å². The van der Waals surface area contributed by atoms with E-state index in [4.69, 9.17) is 18.9 Å². The molecule has 1 unspecified atom stereocenters. The summed E-state index contributed by atoms with van der Waals surface area (Å²) in [6, 6.07) is 3.81. The molecule has 1 N–H and O–H groups in total. The highest BCUT2D eigenvalue weighted by Gasteiger charge is 2.29. The number of nitrogens with one attached hydrogen (secondary N) is 1. The van der Waals surface area contributed by atoms with Crippen LogP contribution in [0.15, 0.2) is 18.5 Å². The largest absolute Gasteiger partial charge is 0.493 e. The predicted molar refractivity (Wildman–Crippen MR) is 81.7 cm³/mol. The van der Waals surface area contributed by atoms with Gasteiger partial charge in [-0.05, 0) is 12.1 Å². The van der Waals surface area contributed by atoms with Crippen LogP contribution in [-0.2, 0) is 9.47 Å². The van der Waals surface area contributed by atoms with Crippen molar-refractivity contribution < 1.29 is 18.9 Å². The normalized spacial score (nSPS) is 21.0. The maximum Gasteiger partial charge on any atom is 0.187 e. The first-order valence-electron chi connectivity index (χ1n) is 7.01. The van der Waals surface area contributed by atoms with E-state index in [2.05, 4.69) is 15.3 Å². The van der Waals surface area contributed by atoms with Crippen LogP contribution in [0.25, 0.3) is 10.9 Å². The van der Waals surface area contributed by atoms with E-state index >= 15 is 0 Å². The fourth-order valence-electron chi connectivity index (χ4n) is 2.64. The molecule has 0 spiro atoms. The molecule has 1 saturated heterocycles. The summed E-state index contributed by atoms with van der Waals surface area (Å²) in [6.07, 6.45) is 1.51. The van der Waals surface area contributed by atoms with Crippen molar-refractivity contribution in [3.8, 4) is 11.5 Å². The number of methoxy groups -OCH3 is 3. The van der Waals surface area contributed by atoms with E-state index in [0.29, 0.717) is 30.2 Å². The van der Waals surface area contributed by atoms with Crippen molar-refractivity contribution in [1.82, 2.24) is 9.97 Å². The summed E-state index contributed by atoms with van der Waals surface area (Å²) in [5.74, 6) is 1.96. The highest BCUT2D eigenvalue weighted by Crippen LogP contribution is 2.36. The van der Waals surface area contributed by atoms with Gasteiger partial charge in [0, 0.05) is 12.5 Å². The van der Waals surface area contributed by atoms with Gasteiger partial charge in [-0.3, -0.25) is 0 Å². The van der Waals surface area contributed by atoms with Gasteiger partial charge in [0.05, 0.1) is 33.5 Å². The zero-order chi connectivity index (χ0) is 15.5. The second-order valence-electron chi connectivity index (χ2n) is 4.98. The highest BCUT2D eigenvalue weighted by atomic mass is 16.5. The number of hydrogen-bond acceptors (Lipinski definition) is 7. The van der Waals surface area contributed by atoms with Crippen LogP contribution in [0, 0.1) is 0 Å². The van der Waals surface area contributed by atoms with E-state index in [9.17, 15) is 0 Å². The monoisotopic (exact) mass is 305 g/mol. The van der Waals surface area contributed by atoms with Crippen LogP contribution in [0.2, 0.25) is 0 Å². The van der Waals surface area contributed by atoms with Gasteiger partial charge in [-0.1, -0.05) is 0 Å². The Labute approximate surface area is 128 Å². The summed E-state index contributed by atoms with van der Waals surface area (Å²) >= 11 is 0. The lowest BCUT2D eigenvalue weighted by atomic mass is 10.1. The van der Waals surface area contributed by atoms with Gasteiger partial charge >= 0.3 is 0 Å². The number of nitrogens with zero attached hydrogens (tertiary/aromatic N) is 2. The van der Waals surface area contributed by atoms with Gasteiger partial charge < -0.3 is 24.3 Å². The van der Waals surface area contributed by atoms with Crippen molar-refractivity contribution >= 4 is 16.7 Å². The van der Waals surface area contributed by atoms with Gasteiger partial charge in [0.1, 0.15) is 23.8 Å². The van der Waals surface area contributed by atoms with Crippen molar-refractivity contribution in [3.05, 3.63) is 18.5 Å². The van der Waals surface area contributed by atoms with Crippen LogP contribution in [0.3, 0.4) is 0 Å². The summed E-state index contributed by atoms with van der Waals surface area (Å²) in [6.45, 7) is 1.16. The van der Waals surface area contributed by atoms with Crippen molar-refractivity contribution in [3.63, 3.8) is 0 Å². The third-order valence-corrected chi connectivity index (χ3v) is 3.80. The summed E-state index contributed by atoms with van der Waals surface area (Å²) in [4.78, 5) is 8.66. The summed E-state index contributed by atoms with van der Waals surface area (Å²) < 4.78 is 21.6. The Hall–Kier alpha value is -2.12. The molecule has 1 aromatic heterocycles. The second-order valence-corrected chi connectivity index (χ2v) is 4.98. The maximum atomic E-state index is 5.45. The molecule has 118 valence electrons. The Kier molecular flexibility index (Phi) is 4.26. The molecule has 2 aromatic rings. The molecule has 1 fully saturated rings. The first kappa shape index (κ1) is 14.8. The molecule has 1 aromatic carbocycles. The van der Waals surface area contributed by atoms with E-state index < -0.39 is 0 Å². The zero-order valence-corrected chi connectivity index (χ0v) is 12.8. The van der Waals surface area contributed by atoms with Crippen LogP contribution in [-0.4, -0.2) is 56.7 Å². The lowest BCUT2D eigenvalue weighted by molar-refractivity contribution is 0.0795. The Morgan fingerprint density at radius 3 is 2.73 bits per heavy atom. The van der Waals surface area contributed by atoms with Crippen molar-refractivity contribution in [2.75, 3.05) is 39.9 Å². The quantitative estimate of drug-likeness (QED) is 0.896. The van der Waals surface area contributed by atoms with Gasteiger partial charge in [0.15, 0.2) is 11.5 Å². The van der Waals surface area contributed by atoms with Crippen LogP contribution in [0.4, 0.5) is 5.82 Å². The Bertz CT molecular complexity index is 665. The molecule has 22 heavy (non-hydrogen) atoms. The number of aromatic nitrogens is 2. The molecule has 0 amide bonds. The zero-order valence-electron chi connectivity index (χ0n) is 12.8. The number of ether oxygens (including phenoxy) is 4. The lowest BCUT2D eigenvalue weighted by Crippen LogP contribution is -2.33. The molecule has 7 heteroatoms. The molecule has 2 atom stereocenters. The Balaban J connectivity index is 2.00. The smallest absolute Gasteiger partial charge is 0.187 e. The van der Waals surface area contributed by atoms with Crippen LogP contribution < -0.4 is 14.8 Å². The lowest BCUT2D eigenvalue weighted by Gasteiger charge is -2.19. The van der Waals surface area contributed by atoms with Crippen molar-refractivity contribution in [2.45, 2.75) is 12.1 Å². The van der Waals surface area contributed by atoms with Crippen LogP contribution in [0.1, 0.15) is 0 Å². The summed E-state index contributed by atoms with van der Waals surface area (Å²) in [5, 5.41) is 4.24. The number of anilines is 1. The molecular formula is C15H19N3O4. The molecule has 0 bridgehead atoms. The minimum absolute atomic E-state index is 0.00478. The standard InChI is InChI=1S/C15H19N3O4/c1-19-11-5-4-9-13(14(11)21-3)16-8-17-15(9)18-10-6-22-7-12(10)20-2/h4-5,8,10,12H,6-7H2,1-3H3,(H,16,17,18)/t10?,12-/m1/s1. The van der Waals surface area contributed by atoms with E-state index in [0.717, 1.165) is 11.2 Å². The summed E-state index contributed by atoms with van der Waals surface area (Å²) in [7, 11) is 4.88. The van der Waals surface area contributed by atoms with Gasteiger partial charge in [0.2, 0.25) is 0 Å². The Morgan fingerprint density at radius 1 is 1.14 bits per heavy atom. The van der Waals surface area contributed by atoms with Gasteiger partial charge in [0.25, 0.3) is 0 Å². The number of hydrogen-bond donors (Lipinski definition) is 1. The van der Waals surface area contributed by atoms with Crippen LogP contribution in [0.5, 0.6) is 11.5 Å². The first-order chi connectivity index (χ1) is 10.8. The SMILES string of the molecule is COc1ccc2c(NC3COC[C@H]3OC)ncnc2c1OC. The van der Waals surface area contributed by atoms with Crippen molar-refractivity contribution in [2.24, 2.45) is 0 Å². The summed E-state index contributed by atoms with van der Waals surface area (Å²) in [5.41, 5.74) is 0.701. The molecule has 3 rings (SSSR count). The molecule has 0 radical (unpaired) electrons. The number of rotatable bonds is 5. The molecule has 0 aliphatic carbocycles. The average molecular weight is 305 g/mol. The molecular weight excluding hydrogens is 286 g/mol.